The van der Waals surface area contributed by atoms with Gasteiger partial charge in [-0.15, -0.1) is 0 Å². The molecular formula is C12H15NO3. The van der Waals surface area contributed by atoms with Crippen LogP contribution in [0.2, 0.25) is 0 Å². The Kier molecular flexibility index (Phi) is 3.66. The van der Waals surface area contributed by atoms with Crippen LogP contribution in [0.1, 0.15) is 20.8 Å². The SMILES string of the molecule is CC(C)(C)OC(=O)Nc1cccc(=O)cc1. The van der Waals surface area contributed by atoms with Crippen LogP contribution in [0.25, 0.3) is 0 Å². The van der Waals surface area contributed by atoms with E-state index in [0.717, 1.165) is 0 Å². The minimum absolute atomic E-state index is 0.114. The molecule has 0 atom stereocenters. The van der Waals surface area contributed by atoms with Gasteiger partial charge in [0.2, 0.25) is 0 Å². The molecule has 0 saturated heterocycles. The summed E-state index contributed by atoms with van der Waals surface area (Å²) < 4.78 is 5.07. The highest BCUT2D eigenvalue weighted by Crippen LogP contribution is 2.09. The second-order valence-corrected chi connectivity index (χ2v) is 4.34. The molecule has 0 bridgehead atoms. The van der Waals surface area contributed by atoms with Gasteiger partial charge in [0.05, 0.1) is 0 Å². The third-order valence-corrected chi connectivity index (χ3v) is 1.61. The predicted molar refractivity (Wildman–Crippen MR) is 62.6 cm³/mol. The first-order valence-corrected chi connectivity index (χ1v) is 4.97. The molecule has 0 saturated carbocycles. The fourth-order valence-electron chi connectivity index (χ4n) is 1.03. The van der Waals surface area contributed by atoms with Gasteiger partial charge in [-0.25, -0.2) is 4.79 Å². The van der Waals surface area contributed by atoms with Gasteiger partial charge in [0.15, 0.2) is 5.43 Å². The molecule has 1 aromatic rings. The first kappa shape index (κ1) is 12.2. The maximum Gasteiger partial charge on any atom is 0.412 e. The molecule has 1 amide bonds. The zero-order valence-corrected chi connectivity index (χ0v) is 9.61. The van der Waals surface area contributed by atoms with E-state index in [0.29, 0.717) is 5.69 Å². The fourth-order valence-corrected chi connectivity index (χ4v) is 1.03. The summed E-state index contributed by atoms with van der Waals surface area (Å²) in [7, 11) is 0. The molecule has 0 fully saturated rings. The molecule has 1 aromatic carbocycles. The smallest absolute Gasteiger partial charge is 0.412 e. The number of nitrogens with one attached hydrogen (secondary N) is 1. The minimum atomic E-state index is -0.537. The summed E-state index contributed by atoms with van der Waals surface area (Å²) in [6.45, 7) is 5.36. The molecule has 0 aromatic heterocycles. The molecule has 0 aliphatic heterocycles. The lowest BCUT2D eigenvalue weighted by atomic mass is 10.2. The number of hydrogen-bond donors (Lipinski definition) is 1. The molecule has 1 rings (SSSR count). The van der Waals surface area contributed by atoms with E-state index in [1.807, 2.05) is 0 Å². The summed E-state index contributed by atoms with van der Waals surface area (Å²) in [5, 5.41) is 2.55. The molecular weight excluding hydrogens is 206 g/mol. The second kappa shape index (κ2) is 4.79. The summed E-state index contributed by atoms with van der Waals surface area (Å²) in [5.41, 5.74) is -0.126. The first-order valence-electron chi connectivity index (χ1n) is 4.97. The number of amides is 1. The maximum atomic E-state index is 11.4. The minimum Gasteiger partial charge on any atom is -0.444 e. The van der Waals surface area contributed by atoms with E-state index in [4.69, 9.17) is 4.74 Å². The van der Waals surface area contributed by atoms with Gasteiger partial charge in [-0.05, 0) is 45.0 Å². The number of anilines is 1. The average molecular weight is 221 g/mol. The van der Waals surface area contributed by atoms with E-state index in [2.05, 4.69) is 5.32 Å². The van der Waals surface area contributed by atoms with Crippen LogP contribution in [0.15, 0.2) is 35.1 Å². The van der Waals surface area contributed by atoms with Crippen LogP contribution in [-0.2, 0) is 4.74 Å². The van der Waals surface area contributed by atoms with Crippen LogP contribution in [0.4, 0.5) is 10.5 Å². The van der Waals surface area contributed by atoms with Crippen molar-refractivity contribution in [2.75, 3.05) is 5.32 Å². The molecule has 0 heterocycles. The van der Waals surface area contributed by atoms with Crippen molar-refractivity contribution in [3.63, 3.8) is 0 Å². The van der Waals surface area contributed by atoms with Gasteiger partial charge in [-0.3, -0.25) is 10.1 Å². The zero-order valence-electron chi connectivity index (χ0n) is 9.61. The van der Waals surface area contributed by atoms with E-state index < -0.39 is 11.7 Å². The normalized spacial score (nSPS) is 10.7. The van der Waals surface area contributed by atoms with Crippen molar-refractivity contribution in [2.45, 2.75) is 26.4 Å². The standard InChI is InChI=1S/C12H15NO3/c1-12(2,3)16-11(15)13-9-5-4-6-10(14)8-7-9/h4-8H,1-3H3,(H,13,15). The second-order valence-electron chi connectivity index (χ2n) is 4.34. The Balaban J connectivity index is 2.71. The quantitative estimate of drug-likeness (QED) is 0.792. The molecule has 86 valence electrons. The summed E-state index contributed by atoms with van der Waals surface area (Å²) in [4.78, 5) is 22.4. The Bertz CT molecular complexity index is 435. The van der Waals surface area contributed by atoms with Gasteiger partial charge >= 0.3 is 6.09 Å². The number of carbonyl (C=O) groups is 1. The van der Waals surface area contributed by atoms with Crippen LogP contribution in [0.3, 0.4) is 0 Å². The third kappa shape index (κ3) is 4.59. The van der Waals surface area contributed by atoms with Crippen molar-refractivity contribution < 1.29 is 9.53 Å². The number of carbonyl (C=O) groups excluding carboxylic acids is 1. The van der Waals surface area contributed by atoms with Gasteiger partial charge in [0, 0.05) is 5.69 Å². The highest BCUT2D eigenvalue weighted by molar-refractivity contribution is 5.84. The Morgan fingerprint density at radius 2 is 1.88 bits per heavy atom. The van der Waals surface area contributed by atoms with E-state index in [-0.39, 0.29) is 5.43 Å². The monoisotopic (exact) mass is 221 g/mol. The van der Waals surface area contributed by atoms with Gasteiger partial charge in [-0.2, -0.15) is 0 Å². The molecule has 0 aliphatic carbocycles. The lowest BCUT2D eigenvalue weighted by Crippen LogP contribution is -2.27. The summed E-state index contributed by atoms with van der Waals surface area (Å²) in [6.07, 6.45) is -0.536. The lowest BCUT2D eigenvalue weighted by molar-refractivity contribution is 0.0636. The van der Waals surface area contributed by atoms with Crippen molar-refractivity contribution in [3.05, 3.63) is 40.6 Å². The molecule has 1 N–H and O–H groups in total. The number of rotatable bonds is 1. The van der Waals surface area contributed by atoms with Gasteiger partial charge in [0.25, 0.3) is 0 Å². The Morgan fingerprint density at radius 1 is 1.19 bits per heavy atom. The molecule has 4 nitrogen and oxygen atoms in total. The lowest BCUT2D eigenvalue weighted by Gasteiger charge is -2.19. The van der Waals surface area contributed by atoms with E-state index in [1.54, 1.807) is 32.9 Å². The Labute approximate surface area is 94.3 Å². The van der Waals surface area contributed by atoms with Crippen LogP contribution in [0, 0.1) is 0 Å². The van der Waals surface area contributed by atoms with E-state index in [1.165, 1.54) is 18.2 Å². The highest BCUT2D eigenvalue weighted by Gasteiger charge is 2.15. The van der Waals surface area contributed by atoms with Crippen LogP contribution in [0.5, 0.6) is 0 Å². The molecule has 0 unspecified atom stereocenters. The summed E-state index contributed by atoms with van der Waals surface area (Å²) in [5.74, 6) is 0. The average Bonchev–Trinajstić information content (AvgIpc) is 2.27. The third-order valence-electron chi connectivity index (χ3n) is 1.61. The Hall–Kier alpha value is -1.84. The number of hydrogen-bond acceptors (Lipinski definition) is 3. The topological polar surface area (TPSA) is 55.4 Å². The van der Waals surface area contributed by atoms with Gasteiger partial charge < -0.3 is 4.74 Å². The van der Waals surface area contributed by atoms with Crippen LogP contribution in [-0.4, -0.2) is 11.7 Å². The fraction of sp³-hybridized carbons (Fsp3) is 0.333. The molecule has 0 radical (unpaired) electrons. The first-order chi connectivity index (χ1) is 7.37. The molecule has 4 heteroatoms. The van der Waals surface area contributed by atoms with Gasteiger partial charge in [0.1, 0.15) is 5.60 Å². The predicted octanol–water partition coefficient (Wildman–Crippen LogP) is 2.39. The molecule has 16 heavy (non-hydrogen) atoms. The summed E-state index contributed by atoms with van der Waals surface area (Å²) >= 11 is 0. The van der Waals surface area contributed by atoms with Gasteiger partial charge in [-0.1, -0.05) is 6.07 Å². The molecule has 0 aliphatic rings. The van der Waals surface area contributed by atoms with Crippen molar-refractivity contribution in [1.82, 2.24) is 0 Å². The van der Waals surface area contributed by atoms with E-state index >= 15 is 0 Å². The largest absolute Gasteiger partial charge is 0.444 e. The van der Waals surface area contributed by atoms with Crippen molar-refractivity contribution in [3.8, 4) is 0 Å². The maximum absolute atomic E-state index is 11.4. The zero-order chi connectivity index (χ0) is 12.2. The Morgan fingerprint density at radius 3 is 2.50 bits per heavy atom. The number of ether oxygens (including phenoxy) is 1. The van der Waals surface area contributed by atoms with Crippen LogP contribution < -0.4 is 10.7 Å². The van der Waals surface area contributed by atoms with E-state index in [9.17, 15) is 9.59 Å². The van der Waals surface area contributed by atoms with Crippen molar-refractivity contribution >= 4 is 11.8 Å². The van der Waals surface area contributed by atoms with Crippen molar-refractivity contribution in [1.29, 1.82) is 0 Å². The summed E-state index contributed by atoms with van der Waals surface area (Å²) in [6, 6.07) is 7.54. The highest BCUT2D eigenvalue weighted by atomic mass is 16.6. The molecule has 0 spiro atoms. The van der Waals surface area contributed by atoms with Crippen LogP contribution >= 0.6 is 0 Å². The van der Waals surface area contributed by atoms with Crippen molar-refractivity contribution in [2.24, 2.45) is 0 Å².